The van der Waals surface area contributed by atoms with Gasteiger partial charge in [0.05, 0.1) is 0 Å². The van der Waals surface area contributed by atoms with E-state index in [0.29, 0.717) is 30.0 Å². The van der Waals surface area contributed by atoms with E-state index >= 15 is 0 Å². The maximum atomic E-state index is 12.9. The molecule has 0 spiro atoms. The number of amides is 1. The molecule has 2 aliphatic carbocycles. The molecule has 1 aromatic carbocycles. The van der Waals surface area contributed by atoms with Crippen LogP contribution < -0.4 is 5.32 Å². The van der Waals surface area contributed by atoms with Crippen LogP contribution in [0.1, 0.15) is 50.4 Å². The molecule has 0 radical (unpaired) electrons. The Hall–Kier alpha value is -1.97. The van der Waals surface area contributed by atoms with E-state index in [2.05, 4.69) is 5.32 Å². The quantitative estimate of drug-likeness (QED) is 0.688. The zero-order valence-electron chi connectivity index (χ0n) is 13.2. The molecule has 4 nitrogen and oxygen atoms in total. The average Bonchev–Trinajstić information content (AvgIpc) is 2.82. The number of anilines is 1. The van der Waals surface area contributed by atoms with Gasteiger partial charge in [-0.15, -0.1) is 0 Å². The second-order valence-corrected chi connectivity index (χ2v) is 7.08. The summed E-state index contributed by atoms with van der Waals surface area (Å²) in [4.78, 5) is 36.8. The van der Waals surface area contributed by atoms with Gasteiger partial charge >= 0.3 is 0 Å². The first-order valence-corrected chi connectivity index (χ1v) is 7.75. The Morgan fingerprint density at radius 3 is 2.55 bits per heavy atom. The lowest BCUT2D eigenvalue weighted by Gasteiger charge is -2.34. The van der Waals surface area contributed by atoms with Gasteiger partial charge < -0.3 is 5.32 Å². The molecule has 116 valence electrons. The van der Waals surface area contributed by atoms with E-state index in [1.165, 1.54) is 6.92 Å². The number of carbonyl (C=O) groups excluding carboxylic acids is 3. The monoisotopic (exact) mass is 299 g/mol. The smallest absolute Gasteiger partial charge is 0.238 e. The lowest BCUT2D eigenvalue weighted by Crippen LogP contribution is -2.46. The molecule has 2 bridgehead atoms. The standard InChI is InChI=1S/C18H21NO3/c1-11(20)12-5-4-6-14(9-12)19-16(22)18-8-7-13(10-15(18)21)17(18,2)3/h4-6,9,13H,7-8,10H2,1-3H3,(H,19,22). The lowest BCUT2D eigenvalue weighted by molar-refractivity contribution is -0.141. The highest BCUT2D eigenvalue weighted by molar-refractivity contribution is 6.14. The third-order valence-electron chi connectivity index (χ3n) is 5.81. The molecule has 0 saturated heterocycles. The predicted molar refractivity (Wildman–Crippen MR) is 83.6 cm³/mol. The number of hydrogen-bond donors (Lipinski definition) is 1. The molecule has 1 aromatic rings. The molecular formula is C18H21NO3. The Balaban J connectivity index is 1.90. The van der Waals surface area contributed by atoms with Gasteiger partial charge in [0.1, 0.15) is 11.2 Å². The maximum absolute atomic E-state index is 12.9. The number of Topliss-reactive ketones (excluding diaryl/α,β-unsaturated/α-hetero) is 2. The van der Waals surface area contributed by atoms with Crippen LogP contribution in [-0.4, -0.2) is 17.5 Å². The van der Waals surface area contributed by atoms with Crippen molar-refractivity contribution >= 4 is 23.2 Å². The molecule has 2 saturated carbocycles. The van der Waals surface area contributed by atoms with Gasteiger partial charge in [-0.25, -0.2) is 0 Å². The Morgan fingerprint density at radius 1 is 1.27 bits per heavy atom. The molecule has 3 rings (SSSR count). The number of fused-ring (bicyclic) bond motifs is 2. The van der Waals surface area contributed by atoms with E-state index in [9.17, 15) is 14.4 Å². The van der Waals surface area contributed by atoms with Gasteiger partial charge in [-0.3, -0.25) is 14.4 Å². The van der Waals surface area contributed by atoms with Crippen LogP contribution in [0.5, 0.6) is 0 Å². The van der Waals surface area contributed by atoms with Crippen molar-refractivity contribution in [2.45, 2.75) is 40.0 Å². The van der Waals surface area contributed by atoms with Crippen LogP contribution in [0.2, 0.25) is 0 Å². The fourth-order valence-corrected chi connectivity index (χ4v) is 4.26. The summed E-state index contributed by atoms with van der Waals surface area (Å²) in [7, 11) is 0. The summed E-state index contributed by atoms with van der Waals surface area (Å²) >= 11 is 0. The Labute approximate surface area is 130 Å². The number of rotatable bonds is 3. The van der Waals surface area contributed by atoms with Crippen LogP contribution in [-0.2, 0) is 9.59 Å². The van der Waals surface area contributed by atoms with E-state index in [-0.39, 0.29) is 22.9 Å². The fraction of sp³-hybridized carbons (Fsp3) is 0.500. The minimum atomic E-state index is -0.913. The molecule has 1 amide bonds. The van der Waals surface area contributed by atoms with Crippen LogP contribution in [0.3, 0.4) is 0 Å². The van der Waals surface area contributed by atoms with E-state index in [0.717, 1.165) is 6.42 Å². The summed E-state index contributed by atoms with van der Waals surface area (Å²) < 4.78 is 0. The summed E-state index contributed by atoms with van der Waals surface area (Å²) in [5.74, 6) is 0.0962. The van der Waals surface area contributed by atoms with Crippen molar-refractivity contribution in [1.29, 1.82) is 0 Å². The average molecular weight is 299 g/mol. The molecule has 0 aliphatic heterocycles. The van der Waals surface area contributed by atoms with Crippen LogP contribution in [0.25, 0.3) is 0 Å². The van der Waals surface area contributed by atoms with Crippen molar-refractivity contribution in [1.82, 2.24) is 0 Å². The molecule has 4 heteroatoms. The first-order valence-electron chi connectivity index (χ1n) is 7.75. The van der Waals surface area contributed by atoms with E-state index in [4.69, 9.17) is 0 Å². The number of ketones is 2. The summed E-state index contributed by atoms with van der Waals surface area (Å²) in [5.41, 5.74) is -0.0846. The zero-order valence-corrected chi connectivity index (χ0v) is 13.2. The lowest BCUT2D eigenvalue weighted by atomic mass is 9.68. The van der Waals surface area contributed by atoms with E-state index < -0.39 is 5.41 Å². The zero-order chi connectivity index (χ0) is 16.1. The van der Waals surface area contributed by atoms with Crippen molar-refractivity contribution in [3.8, 4) is 0 Å². The van der Waals surface area contributed by atoms with Gasteiger partial charge in [0.2, 0.25) is 5.91 Å². The molecule has 2 atom stereocenters. The number of hydrogen-bond acceptors (Lipinski definition) is 3. The highest BCUT2D eigenvalue weighted by Gasteiger charge is 2.68. The normalized spacial score (nSPS) is 28.7. The Kier molecular flexibility index (Phi) is 3.24. The van der Waals surface area contributed by atoms with Crippen LogP contribution in [0.4, 0.5) is 5.69 Å². The Morgan fingerprint density at radius 2 is 2.00 bits per heavy atom. The van der Waals surface area contributed by atoms with Crippen molar-refractivity contribution < 1.29 is 14.4 Å². The van der Waals surface area contributed by atoms with Crippen molar-refractivity contribution in [2.75, 3.05) is 5.32 Å². The second-order valence-electron chi connectivity index (χ2n) is 7.08. The molecule has 0 aromatic heterocycles. The summed E-state index contributed by atoms with van der Waals surface area (Å²) in [6.45, 7) is 5.55. The number of carbonyl (C=O) groups is 3. The Bertz CT molecular complexity index is 677. The van der Waals surface area contributed by atoms with Gasteiger partial charge in [0.15, 0.2) is 5.78 Å². The summed E-state index contributed by atoms with van der Waals surface area (Å²) in [6.07, 6.45) is 2.06. The van der Waals surface area contributed by atoms with Crippen LogP contribution in [0, 0.1) is 16.7 Å². The summed E-state index contributed by atoms with van der Waals surface area (Å²) in [5, 5.41) is 2.87. The van der Waals surface area contributed by atoms with Gasteiger partial charge in [0.25, 0.3) is 0 Å². The van der Waals surface area contributed by atoms with Gasteiger partial charge in [-0.2, -0.15) is 0 Å². The highest BCUT2D eigenvalue weighted by atomic mass is 16.2. The second kappa shape index (κ2) is 4.77. The molecular weight excluding hydrogens is 278 g/mol. The topological polar surface area (TPSA) is 63.2 Å². The third-order valence-corrected chi connectivity index (χ3v) is 5.81. The largest absolute Gasteiger partial charge is 0.325 e. The van der Waals surface area contributed by atoms with Crippen molar-refractivity contribution in [3.05, 3.63) is 29.8 Å². The van der Waals surface area contributed by atoms with Gasteiger partial charge in [-0.1, -0.05) is 26.0 Å². The maximum Gasteiger partial charge on any atom is 0.238 e. The van der Waals surface area contributed by atoms with E-state index in [1.807, 2.05) is 13.8 Å². The first-order chi connectivity index (χ1) is 10.3. The predicted octanol–water partition coefficient (Wildman–Crippen LogP) is 3.22. The molecule has 2 unspecified atom stereocenters. The van der Waals surface area contributed by atoms with Gasteiger partial charge in [-0.05, 0) is 43.2 Å². The van der Waals surface area contributed by atoms with Crippen LogP contribution >= 0.6 is 0 Å². The molecule has 2 aliphatic rings. The van der Waals surface area contributed by atoms with Gasteiger partial charge in [0, 0.05) is 17.7 Å². The molecule has 2 fully saturated rings. The minimum absolute atomic E-state index is 0.0486. The molecule has 1 N–H and O–H groups in total. The van der Waals surface area contributed by atoms with Crippen molar-refractivity contribution in [3.63, 3.8) is 0 Å². The number of benzene rings is 1. The third kappa shape index (κ3) is 1.86. The first kappa shape index (κ1) is 14.9. The van der Waals surface area contributed by atoms with Crippen LogP contribution in [0.15, 0.2) is 24.3 Å². The fourth-order valence-electron chi connectivity index (χ4n) is 4.26. The summed E-state index contributed by atoms with van der Waals surface area (Å²) in [6, 6.07) is 6.87. The van der Waals surface area contributed by atoms with E-state index in [1.54, 1.807) is 24.3 Å². The molecule has 0 heterocycles. The highest BCUT2D eigenvalue weighted by Crippen LogP contribution is 2.64. The van der Waals surface area contributed by atoms with Crippen molar-refractivity contribution in [2.24, 2.45) is 16.7 Å². The number of nitrogens with one attached hydrogen (secondary N) is 1. The molecule has 22 heavy (non-hydrogen) atoms. The SMILES string of the molecule is CC(=O)c1cccc(NC(=O)C23CCC(CC2=O)C3(C)C)c1. The minimum Gasteiger partial charge on any atom is -0.325 e.